The molecule has 0 spiro atoms. The summed E-state index contributed by atoms with van der Waals surface area (Å²) in [5, 5.41) is 15.2. The van der Waals surface area contributed by atoms with Crippen molar-refractivity contribution in [2.24, 2.45) is 5.14 Å². The molecule has 0 aromatic rings. The van der Waals surface area contributed by atoms with Gasteiger partial charge in [0.25, 0.3) is 10.2 Å². The normalized spacial score (nSPS) is 11.6. The molecule has 0 rings (SSSR count). The second kappa shape index (κ2) is 5.78. The van der Waals surface area contributed by atoms with Crippen molar-refractivity contribution in [1.29, 1.82) is 0 Å². The van der Waals surface area contributed by atoms with Crippen molar-refractivity contribution >= 4 is 16.3 Å². The molecule has 0 aliphatic rings. The number of nitrogens with two attached hydrogens (primary N) is 1. The average molecular weight is 225 g/mol. The van der Waals surface area contributed by atoms with Crippen LogP contribution < -0.4 is 10.5 Å². The van der Waals surface area contributed by atoms with Crippen LogP contribution in [0.5, 0.6) is 0 Å². The van der Waals surface area contributed by atoms with E-state index >= 15 is 0 Å². The Morgan fingerprint density at radius 1 is 1.50 bits per heavy atom. The zero-order valence-corrected chi connectivity index (χ0v) is 8.75. The second-order valence-corrected chi connectivity index (χ2v) is 4.46. The summed E-state index contributed by atoms with van der Waals surface area (Å²) in [5.41, 5.74) is 0. The fourth-order valence-corrected chi connectivity index (χ4v) is 1.17. The molecule has 0 aliphatic heterocycles. The van der Waals surface area contributed by atoms with Crippen LogP contribution >= 0.6 is 0 Å². The maximum absolute atomic E-state index is 10.7. The highest BCUT2D eigenvalue weighted by molar-refractivity contribution is 7.86. The van der Waals surface area contributed by atoms with Crippen LogP contribution in [0.4, 0.5) is 4.79 Å². The first-order chi connectivity index (χ1) is 6.34. The Morgan fingerprint density at radius 3 is 2.50 bits per heavy atom. The molecule has 0 aromatic carbocycles. The number of unbranched alkanes of at least 4 members (excludes halogenated alkanes) is 1. The molecule has 0 saturated carbocycles. The zero-order chi connectivity index (χ0) is 11.2. The van der Waals surface area contributed by atoms with E-state index in [0.717, 1.165) is 4.31 Å². The van der Waals surface area contributed by atoms with Crippen LogP contribution in [0.25, 0.3) is 0 Å². The number of rotatable bonds is 6. The summed E-state index contributed by atoms with van der Waals surface area (Å²) < 4.78 is 22.4. The summed E-state index contributed by atoms with van der Waals surface area (Å²) in [5.74, 6) is 0. The van der Waals surface area contributed by atoms with Gasteiger partial charge in [-0.25, -0.2) is 9.93 Å². The van der Waals surface area contributed by atoms with Crippen molar-refractivity contribution < 1.29 is 18.3 Å². The molecular weight excluding hydrogens is 210 g/mol. The van der Waals surface area contributed by atoms with E-state index in [9.17, 15) is 13.2 Å². The molecule has 0 bridgehead atoms. The number of amides is 1. The van der Waals surface area contributed by atoms with Crippen molar-refractivity contribution in [3.63, 3.8) is 0 Å². The summed E-state index contributed by atoms with van der Waals surface area (Å²) in [6, 6.07) is 0. The van der Waals surface area contributed by atoms with Crippen LogP contribution in [-0.2, 0) is 10.2 Å². The van der Waals surface area contributed by atoms with Crippen molar-refractivity contribution in [3.05, 3.63) is 0 Å². The smallest absolute Gasteiger partial charge is 0.404 e. The number of hydrogen-bond acceptors (Lipinski definition) is 3. The Bertz CT molecular complexity index is 277. The molecule has 0 aromatic heterocycles. The van der Waals surface area contributed by atoms with E-state index in [0.29, 0.717) is 25.9 Å². The Balaban J connectivity index is 3.51. The number of carboxylic acid groups (broad SMARTS) is 1. The lowest BCUT2D eigenvalue weighted by Crippen LogP contribution is -2.34. The van der Waals surface area contributed by atoms with Gasteiger partial charge in [-0.2, -0.15) is 12.7 Å². The van der Waals surface area contributed by atoms with E-state index in [1.807, 2.05) is 0 Å². The third kappa shape index (κ3) is 6.63. The first-order valence-electron chi connectivity index (χ1n) is 4.05. The van der Waals surface area contributed by atoms with Crippen LogP contribution in [0.2, 0.25) is 0 Å². The lowest BCUT2D eigenvalue weighted by Gasteiger charge is -2.12. The summed E-state index contributed by atoms with van der Waals surface area (Å²) in [4.78, 5) is 10.0. The predicted molar refractivity (Wildman–Crippen MR) is 51.0 cm³/mol. The van der Waals surface area contributed by atoms with Gasteiger partial charge in [-0.15, -0.1) is 0 Å². The Kier molecular flexibility index (Phi) is 5.43. The first kappa shape index (κ1) is 13.1. The molecule has 0 atom stereocenters. The molecule has 1 amide bonds. The van der Waals surface area contributed by atoms with E-state index in [2.05, 4.69) is 5.32 Å². The lowest BCUT2D eigenvalue weighted by molar-refractivity contribution is 0.194. The van der Waals surface area contributed by atoms with Crippen LogP contribution in [0.3, 0.4) is 0 Å². The minimum absolute atomic E-state index is 0.292. The third-order valence-corrected chi connectivity index (χ3v) is 2.66. The van der Waals surface area contributed by atoms with Crippen molar-refractivity contribution in [3.8, 4) is 0 Å². The molecule has 84 valence electrons. The van der Waals surface area contributed by atoms with Crippen LogP contribution in [0.1, 0.15) is 12.8 Å². The number of nitrogens with zero attached hydrogens (tertiary/aromatic N) is 1. The molecule has 14 heavy (non-hydrogen) atoms. The van der Waals surface area contributed by atoms with Crippen molar-refractivity contribution in [2.45, 2.75) is 12.8 Å². The SMILES string of the molecule is CN(CCCCNC(=O)O)S(N)(=O)=O. The quantitative estimate of drug-likeness (QED) is 0.512. The molecule has 0 fully saturated rings. The standard InChI is InChI=1S/C6H15N3O4S/c1-9(14(7,12)13)5-3-2-4-8-6(10)11/h8H,2-5H2,1H3,(H,10,11)(H2,7,12,13). The molecule has 0 unspecified atom stereocenters. The van der Waals surface area contributed by atoms with E-state index in [-0.39, 0.29) is 0 Å². The van der Waals surface area contributed by atoms with Gasteiger partial charge in [-0.1, -0.05) is 0 Å². The second-order valence-electron chi connectivity index (χ2n) is 2.81. The predicted octanol–water partition coefficient (Wildman–Crippen LogP) is -0.830. The Morgan fingerprint density at radius 2 is 2.07 bits per heavy atom. The van der Waals surface area contributed by atoms with Crippen molar-refractivity contribution in [1.82, 2.24) is 9.62 Å². The fourth-order valence-electron chi connectivity index (χ4n) is 0.782. The third-order valence-electron chi connectivity index (χ3n) is 1.61. The van der Waals surface area contributed by atoms with Gasteiger partial charge >= 0.3 is 6.09 Å². The van der Waals surface area contributed by atoms with Gasteiger partial charge < -0.3 is 10.4 Å². The van der Waals surface area contributed by atoms with Gasteiger partial charge in [0.15, 0.2) is 0 Å². The van der Waals surface area contributed by atoms with Crippen LogP contribution in [0.15, 0.2) is 0 Å². The molecule has 0 saturated heterocycles. The summed E-state index contributed by atoms with van der Waals surface area (Å²) >= 11 is 0. The Hall–Kier alpha value is -0.860. The monoisotopic (exact) mass is 225 g/mol. The molecule has 7 nitrogen and oxygen atoms in total. The molecule has 4 N–H and O–H groups in total. The molecule has 8 heteroatoms. The van der Waals surface area contributed by atoms with Crippen LogP contribution in [0, 0.1) is 0 Å². The van der Waals surface area contributed by atoms with E-state index < -0.39 is 16.3 Å². The highest BCUT2D eigenvalue weighted by Gasteiger charge is 2.09. The fraction of sp³-hybridized carbons (Fsp3) is 0.833. The van der Waals surface area contributed by atoms with Gasteiger partial charge in [0.05, 0.1) is 0 Å². The van der Waals surface area contributed by atoms with Gasteiger partial charge in [0.2, 0.25) is 0 Å². The molecule has 0 radical (unpaired) electrons. The van der Waals surface area contributed by atoms with E-state index in [1.54, 1.807) is 0 Å². The van der Waals surface area contributed by atoms with Crippen molar-refractivity contribution in [2.75, 3.05) is 20.1 Å². The van der Waals surface area contributed by atoms with Crippen LogP contribution in [-0.4, -0.2) is 44.1 Å². The minimum atomic E-state index is -3.61. The molecular formula is C6H15N3O4S. The van der Waals surface area contributed by atoms with E-state index in [1.165, 1.54) is 7.05 Å². The zero-order valence-electron chi connectivity index (χ0n) is 7.93. The molecule has 0 heterocycles. The first-order valence-corrected chi connectivity index (χ1v) is 5.55. The highest BCUT2D eigenvalue weighted by Crippen LogP contribution is 1.94. The van der Waals surface area contributed by atoms with E-state index in [4.69, 9.17) is 10.2 Å². The largest absolute Gasteiger partial charge is 0.465 e. The summed E-state index contributed by atoms with van der Waals surface area (Å²) in [6.45, 7) is 0.605. The van der Waals surface area contributed by atoms with Gasteiger partial charge in [-0.05, 0) is 12.8 Å². The molecule has 0 aliphatic carbocycles. The lowest BCUT2D eigenvalue weighted by atomic mass is 10.3. The number of carbonyl (C=O) groups is 1. The maximum atomic E-state index is 10.7. The topological polar surface area (TPSA) is 113 Å². The Labute approximate surface area is 83.1 Å². The van der Waals surface area contributed by atoms with Gasteiger partial charge in [0, 0.05) is 20.1 Å². The number of nitrogens with one attached hydrogen (secondary N) is 1. The maximum Gasteiger partial charge on any atom is 0.404 e. The summed E-state index contributed by atoms with van der Waals surface area (Å²) in [7, 11) is -2.23. The average Bonchev–Trinajstić information content (AvgIpc) is 2.01. The highest BCUT2D eigenvalue weighted by atomic mass is 32.2. The minimum Gasteiger partial charge on any atom is -0.465 e. The van der Waals surface area contributed by atoms with Gasteiger partial charge in [0.1, 0.15) is 0 Å². The summed E-state index contributed by atoms with van der Waals surface area (Å²) in [6.07, 6.45) is 0.0594. The number of hydrogen-bond donors (Lipinski definition) is 3. The van der Waals surface area contributed by atoms with Gasteiger partial charge in [-0.3, -0.25) is 0 Å².